The maximum atomic E-state index is 12.2. The maximum Gasteiger partial charge on any atom is 0.344 e. The van der Waals surface area contributed by atoms with E-state index in [1.165, 1.54) is 6.92 Å². The number of hydrogen-bond donors (Lipinski definition) is 1. The molecule has 1 amide bonds. The molecule has 0 aliphatic rings. The first-order valence-electron chi connectivity index (χ1n) is 9.63. The summed E-state index contributed by atoms with van der Waals surface area (Å²) in [6.07, 6.45) is -0.910. The molecule has 2 aromatic carbocycles. The lowest BCUT2D eigenvalue weighted by Crippen LogP contribution is -2.36. The number of esters is 1. The van der Waals surface area contributed by atoms with Gasteiger partial charge in [-0.3, -0.25) is 4.79 Å². The van der Waals surface area contributed by atoms with Gasteiger partial charge in [0.05, 0.1) is 7.11 Å². The highest BCUT2D eigenvalue weighted by Crippen LogP contribution is 2.24. The molecule has 2 rings (SSSR count). The van der Waals surface area contributed by atoms with E-state index in [-0.39, 0.29) is 12.5 Å². The van der Waals surface area contributed by atoms with Crippen molar-refractivity contribution in [3.63, 3.8) is 0 Å². The minimum atomic E-state index is -0.910. The monoisotopic (exact) mass is 399 g/mol. The third-order valence-electron chi connectivity index (χ3n) is 4.53. The first kappa shape index (κ1) is 22.3. The molecule has 0 bridgehead atoms. The van der Waals surface area contributed by atoms with Gasteiger partial charge in [0.2, 0.25) is 0 Å². The van der Waals surface area contributed by atoms with Gasteiger partial charge in [-0.1, -0.05) is 38.1 Å². The molecule has 156 valence electrons. The highest BCUT2D eigenvalue weighted by molar-refractivity contribution is 5.83. The average Bonchev–Trinajstić information content (AvgIpc) is 2.71. The summed E-state index contributed by atoms with van der Waals surface area (Å²) in [7, 11) is 1.60. The van der Waals surface area contributed by atoms with E-state index in [1.807, 2.05) is 49.4 Å². The third kappa shape index (κ3) is 6.82. The van der Waals surface area contributed by atoms with E-state index < -0.39 is 12.1 Å². The Morgan fingerprint density at radius 3 is 2.34 bits per heavy atom. The van der Waals surface area contributed by atoms with Crippen molar-refractivity contribution in [1.82, 2.24) is 5.32 Å². The summed E-state index contributed by atoms with van der Waals surface area (Å²) < 4.78 is 15.9. The van der Waals surface area contributed by atoms with Gasteiger partial charge in [-0.25, -0.2) is 4.79 Å². The first-order valence-corrected chi connectivity index (χ1v) is 9.63. The zero-order chi connectivity index (χ0) is 21.4. The van der Waals surface area contributed by atoms with Gasteiger partial charge in [-0.2, -0.15) is 0 Å². The molecule has 1 atom stereocenters. The number of amides is 1. The number of nitrogens with one attached hydrogen (secondary N) is 1. The summed E-state index contributed by atoms with van der Waals surface area (Å²) in [5.41, 5.74) is 2.99. The predicted molar refractivity (Wildman–Crippen MR) is 111 cm³/mol. The zero-order valence-electron chi connectivity index (χ0n) is 17.7. The third-order valence-corrected chi connectivity index (χ3v) is 4.53. The van der Waals surface area contributed by atoms with Crippen LogP contribution in [0.1, 0.15) is 43.4 Å². The molecule has 1 N–H and O–H groups in total. The number of carbonyl (C=O) groups excluding carboxylic acids is 2. The topological polar surface area (TPSA) is 73.9 Å². The van der Waals surface area contributed by atoms with Crippen LogP contribution in [0.3, 0.4) is 0 Å². The first-order chi connectivity index (χ1) is 13.8. The van der Waals surface area contributed by atoms with Crippen molar-refractivity contribution in [3.8, 4) is 11.5 Å². The molecule has 29 heavy (non-hydrogen) atoms. The van der Waals surface area contributed by atoms with Gasteiger partial charge in [0.1, 0.15) is 11.5 Å². The summed E-state index contributed by atoms with van der Waals surface area (Å²) >= 11 is 0. The van der Waals surface area contributed by atoms with Gasteiger partial charge >= 0.3 is 5.97 Å². The molecule has 0 saturated carbocycles. The Bertz CT molecular complexity index is 830. The fourth-order valence-corrected chi connectivity index (χ4v) is 2.63. The Kier molecular flexibility index (Phi) is 8.07. The fourth-order valence-electron chi connectivity index (χ4n) is 2.63. The number of hydrogen-bond acceptors (Lipinski definition) is 5. The zero-order valence-corrected chi connectivity index (χ0v) is 17.7. The van der Waals surface area contributed by atoms with Crippen LogP contribution in [0.5, 0.6) is 11.5 Å². The normalized spacial score (nSPS) is 11.7. The lowest BCUT2D eigenvalue weighted by molar-refractivity contribution is -0.156. The van der Waals surface area contributed by atoms with Crippen molar-refractivity contribution < 1.29 is 23.8 Å². The molecule has 2 aromatic rings. The van der Waals surface area contributed by atoms with Crippen LogP contribution in [-0.2, 0) is 20.9 Å². The number of carbonyl (C=O) groups is 2. The number of benzene rings is 2. The van der Waals surface area contributed by atoms with Crippen LogP contribution < -0.4 is 14.8 Å². The van der Waals surface area contributed by atoms with Gasteiger partial charge in [0.25, 0.3) is 5.91 Å². The van der Waals surface area contributed by atoms with E-state index in [9.17, 15) is 9.59 Å². The number of methoxy groups -OCH3 is 1. The van der Waals surface area contributed by atoms with Crippen LogP contribution in [-0.4, -0.2) is 31.7 Å². The minimum Gasteiger partial charge on any atom is -0.497 e. The second kappa shape index (κ2) is 10.5. The molecule has 6 nitrogen and oxygen atoms in total. The molecule has 0 unspecified atom stereocenters. The van der Waals surface area contributed by atoms with Crippen LogP contribution in [0.15, 0.2) is 42.5 Å². The molecule has 0 aliphatic carbocycles. The summed E-state index contributed by atoms with van der Waals surface area (Å²) in [5, 5.41) is 2.75. The van der Waals surface area contributed by atoms with Gasteiger partial charge < -0.3 is 19.5 Å². The van der Waals surface area contributed by atoms with Crippen molar-refractivity contribution in [3.05, 3.63) is 59.2 Å². The van der Waals surface area contributed by atoms with Crippen LogP contribution in [0.2, 0.25) is 0 Å². The van der Waals surface area contributed by atoms with Gasteiger partial charge in [0, 0.05) is 6.54 Å². The molecular weight excluding hydrogens is 370 g/mol. The number of aryl methyl sites for hydroxylation is 1. The quantitative estimate of drug-likeness (QED) is 0.650. The molecule has 0 radical (unpaired) electrons. The molecule has 0 fully saturated rings. The van der Waals surface area contributed by atoms with Crippen molar-refractivity contribution in [2.45, 2.75) is 46.3 Å². The summed E-state index contributed by atoms with van der Waals surface area (Å²) in [6, 6.07) is 13.3. The van der Waals surface area contributed by atoms with Crippen LogP contribution in [0.25, 0.3) is 0 Å². The fraction of sp³-hybridized carbons (Fsp3) is 0.391. The Labute approximate surface area is 172 Å². The second-order valence-electron chi connectivity index (χ2n) is 7.17. The highest BCUT2D eigenvalue weighted by Gasteiger charge is 2.18. The number of ether oxygens (including phenoxy) is 3. The summed E-state index contributed by atoms with van der Waals surface area (Å²) in [5.74, 6) is 0.791. The van der Waals surface area contributed by atoms with Gasteiger partial charge in [-0.15, -0.1) is 0 Å². The molecule has 0 aliphatic heterocycles. The standard InChI is InChI=1S/C23H29NO5/c1-15(2)19-9-6-16(3)21(12-19)28-14-22(25)29-17(4)23(26)24-13-18-7-10-20(27-5)11-8-18/h6-12,15,17H,13-14H2,1-5H3,(H,24,26)/t17-/m1/s1. The van der Waals surface area contributed by atoms with E-state index in [0.717, 1.165) is 22.4 Å². The van der Waals surface area contributed by atoms with Gasteiger partial charge in [0.15, 0.2) is 12.7 Å². The van der Waals surface area contributed by atoms with E-state index in [1.54, 1.807) is 7.11 Å². The molecular formula is C23H29NO5. The van der Waals surface area contributed by atoms with Crippen molar-refractivity contribution >= 4 is 11.9 Å². The van der Waals surface area contributed by atoms with E-state index in [4.69, 9.17) is 14.2 Å². The van der Waals surface area contributed by atoms with E-state index in [0.29, 0.717) is 18.2 Å². The van der Waals surface area contributed by atoms with E-state index >= 15 is 0 Å². The van der Waals surface area contributed by atoms with E-state index in [2.05, 4.69) is 19.2 Å². The summed E-state index contributed by atoms with van der Waals surface area (Å²) in [4.78, 5) is 24.2. The predicted octanol–water partition coefficient (Wildman–Crippen LogP) is 3.75. The molecule has 0 spiro atoms. The molecule has 6 heteroatoms. The minimum absolute atomic E-state index is 0.251. The van der Waals surface area contributed by atoms with Crippen LogP contribution in [0, 0.1) is 6.92 Å². The lowest BCUT2D eigenvalue weighted by atomic mass is 10.0. The lowest BCUT2D eigenvalue weighted by Gasteiger charge is -2.15. The molecule has 0 aromatic heterocycles. The maximum absolute atomic E-state index is 12.2. The van der Waals surface area contributed by atoms with Gasteiger partial charge in [-0.05, 0) is 54.7 Å². The Balaban J connectivity index is 1.80. The molecule has 0 heterocycles. The largest absolute Gasteiger partial charge is 0.497 e. The SMILES string of the molecule is COc1ccc(CNC(=O)[C@@H](C)OC(=O)COc2cc(C(C)C)ccc2C)cc1. The van der Waals surface area contributed by atoms with Crippen LogP contribution in [0.4, 0.5) is 0 Å². The van der Waals surface area contributed by atoms with Crippen molar-refractivity contribution in [2.75, 3.05) is 13.7 Å². The van der Waals surface area contributed by atoms with Crippen molar-refractivity contribution in [1.29, 1.82) is 0 Å². The Hall–Kier alpha value is -3.02. The summed E-state index contributed by atoms with van der Waals surface area (Å²) in [6.45, 7) is 7.72. The highest BCUT2D eigenvalue weighted by atomic mass is 16.6. The second-order valence-corrected chi connectivity index (χ2v) is 7.17. The Morgan fingerprint density at radius 2 is 1.72 bits per heavy atom. The van der Waals surface area contributed by atoms with Crippen molar-refractivity contribution in [2.24, 2.45) is 0 Å². The average molecular weight is 399 g/mol. The number of rotatable bonds is 9. The Morgan fingerprint density at radius 1 is 1.03 bits per heavy atom. The van der Waals surface area contributed by atoms with Crippen LogP contribution >= 0.6 is 0 Å². The molecule has 0 saturated heterocycles. The smallest absolute Gasteiger partial charge is 0.344 e.